The zero-order valence-corrected chi connectivity index (χ0v) is 9.68. The molecule has 17 heavy (non-hydrogen) atoms. The molecule has 1 aromatic rings. The minimum absolute atomic E-state index is 0.0178. The number of alkyl halides is 3. The van der Waals surface area contributed by atoms with Gasteiger partial charge in [0.25, 0.3) is 5.78 Å². The summed E-state index contributed by atoms with van der Waals surface area (Å²) in [6.45, 7) is 0.0178. The summed E-state index contributed by atoms with van der Waals surface area (Å²) < 4.78 is 59.1. The molecule has 0 unspecified atom stereocenters. The zero-order valence-electron chi connectivity index (χ0n) is 8.86. The van der Waals surface area contributed by atoms with Gasteiger partial charge in [0, 0.05) is 30.8 Å². The number of nitrogens with zero attached hydrogens (tertiary/aromatic N) is 1. The maximum atomic E-state index is 12.1. The predicted octanol–water partition coefficient (Wildman–Crippen LogP) is 1.28. The van der Waals surface area contributed by atoms with Crippen molar-refractivity contribution in [3.8, 4) is 0 Å². The molecule has 0 aliphatic rings. The molecule has 0 aliphatic heterocycles. The summed E-state index contributed by atoms with van der Waals surface area (Å²) in [4.78, 5) is 10.8. The quantitative estimate of drug-likeness (QED) is 0.774. The molecule has 0 aromatic carbocycles. The highest BCUT2D eigenvalue weighted by atomic mass is 32.2. The Balaban J connectivity index is 2.76. The van der Waals surface area contributed by atoms with Gasteiger partial charge in [-0.15, -0.1) is 0 Å². The molecule has 4 nitrogen and oxygen atoms in total. The summed E-state index contributed by atoms with van der Waals surface area (Å²) in [5, 5.41) is 0. The van der Waals surface area contributed by atoms with E-state index in [4.69, 9.17) is 0 Å². The molecule has 0 aliphatic carbocycles. The fourth-order valence-electron chi connectivity index (χ4n) is 1.15. The highest BCUT2D eigenvalue weighted by Crippen LogP contribution is 2.21. The summed E-state index contributed by atoms with van der Waals surface area (Å²) in [7, 11) is -3.19. The van der Waals surface area contributed by atoms with Crippen molar-refractivity contribution in [1.82, 2.24) is 4.57 Å². The van der Waals surface area contributed by atoms with Gasteiger partial charge in [0.05, 0.1) is 5.75 Å². The SMILES string of the molecule is CS(=O)(=O)CCn1ccc(C(=O)C(F)(F)F)c1. The number of aryl methyl sites for hydroxylation is 1. The van der Waals surface area contributed by atoms with E-state index >= 15 is 0 Å². The summed E-state index contributed by atoms with van der Waals surface area (Å²) in [6, 6.07) is 1.01. The van der Waals surface area contributed by atoms with Crippen LogP contribution in [0.5, 0.6) is 0 Å². The van der Waals surface area contributed by atoms with E-state index in [1.165, 1.54) is 10.8 Å². The first-order valence-corrected chi connectivity index (χ1v) is 6.61. The van der Waals surface area contributed by atoms with Crippen LogP contribution < -0.4 is 0 Å². The number of sulfone groups is 1. The van der Waals surface area contributed by atoms with E-state index in [1.807, 2.05) is 0 Å². The number of halogens is 3. The van der Waals surface area contributed by atoms with E-state index in [-0.39, 0.29) is 12.3 Å². The fourth-order valence-corrected chi connectivity index (χ4v) is 1.69. The van der Waals surface area contributed by atoms with Crippen LogP contribution in [0.1, 0.15) is 10.4 Å². The Kier molecular flexibility index (Phi) is 3.65. The summed E-state index contributed by atoms with van der Waals surface area (Å²) >= 11 is 0. The van der Waals surface area contributed by atoms with Crippen LogP contribution in [0.15, 0.2) is 18.5 Å². The van der Waals surface area contributed by atoms with Crippen molar-refractivity contribution >= 4 is 15.6 Å². The topological polar surface area (TPSA) is 56.1 Å². The number of hydrogen-bond acceptors (Lipinski definition) is 3. The number of rotatable bonds is 4. The monoisotopic (exact) mass is 269 g/mol. The summed E-state index contributed by atoms with van der Waals surface area (Å²) in [6.07, 6.45) is -1.66. The average molecular weight is 269 g/mol. The molecule has 0 atom stereocenters. The first-order chi connectivity index (χ1) is 7.59. The summed E-state index contributed by atoms with van der Waals surface area (Å²) in [5.41, 5.74) is -0.494. The Morgan fingerprint density at radius 2 is 2.00 bits per heavy atom. The zero-order chi connectivity index (χ0) is 13.3. The molecule has 8 heteroatoms. The third-order valence-electron chi connectivity index (χ3n) is 1.99. The van der Waals surface area contributed by atoms with Gasteiger partial charge in [0.1, 0.15) is 9.84 Å². The molecule has 1 rings (SSSR count). The van der Waals surface area contributed by atoms with Crippen molar-refractivity contribution in [3.63, 3.8) is 0 Å². The van der Waals surface area contributed by atoms with Gasteiger partial charge in [0.2, 0.25) is 0 Å². The molecule has 0 radical (unpaired) electrons. The van der Waals surface area contributed by atoms with Crippen LogP contribution in [0.25, 0.3) is 0 Å². The highest BCUT2D eigenvalue weighted by molar-refractivity contribution is 7.90. The minimum atomic E-state index is -4.91. The first-order valence-electron chi connectivity index (χ1n) is 4.54. The van der Waals surface area contributed by atoms with Crippen LogP contribution in [0.2, 0.25) is 0 Å². The lowest BCUT2D eigenvalue weighted by Crippen LogP contribution is -2.22. The lowest BCUT2D eigenvalue weighted by molar-refractivity contribution is -0.0885. The largest absolute Gasteiger partial charge is 0.454 e. The Labute approximate surface area is 96.0 Å². The molecule has 0 fully saturated rings. The molecule has 1 heterocycles. The second-order valence-electron chi connectivity index (χ2n) is 3.59. The van der Waals surface area contributed by atoms with Crippen LogP contribution >= 0.6 is 0 Å². The van der Waals surface area contributed by atoms with Gasteiger partial charge in [0.15, 0.2) is 0 Å². The van der Waals surface area contributed by atoms with Gasteiger partial charge in [-0.1, -0.05) is 0 Å². The summed E-state index contributed by atoms with van der Waals surface area (Å²) in [5.74, 6) is -2.13. The predicted molar refractivity (Wildman–Crippen MR) is 54.5 cm³/mol. The van der Waals surface area contributed by atoms with Gasteiger partial charge >= 0.3 is 6.18 Å². The van der Waals surface area contributed by atoms with Crippen molar-refractivity contribution in [2.24, 2.45) is 0 Å². The van der Waals surface area contributed by atoms with Gasteiger partial charge in [-0.2, -0.15) is 13.2 Å². The van der Waals surface area contributed by atoms with Gasteiger partial charge in [-0.3, -0.25) is 4.79 Å². The van der Waals surface area contributed by atoms with Crippen LogP contribution in [0, 0.1) is 0 Å². The molecule has 96 valence electrons. The first kappa shape index (κ1) is 13.8. The fraction of sp³-hybridized carbons (Fsp3) is 0.444. The van der Waals surface area contributed by atoms with Gasteiger partial charge in [-0.05, 0) is 6.07 Å². The van der Waals surface area contributed by atoms with Crippen molar-refractivity contribution < 1.29 is 26.4 Å². The molecular weight excluding hydrogens is 259 g/mol. The number of Topliss-reactive ketones (excluding diaryl/α,β-unsaturated/α-hetero) is 1. The second-order valence-corrected chi connectivity index (χ2v) is 5.85. The lowest BCUT2D eigenvalue weighted by Gasteiger charge is -2.03. The number of aromatic nitrogens is 1. The molecule has 0 spiro atoms. The number of hydrogen-bond donors (Lipinski definition) is 0. The van der Waals surface area contributed by atoms with Gasteiger partial charge in [-0.25, -0.2) is 8.42 Å². The Hall–Kier alpha value is -1.31. The standard InChI is InChI=1S/C9H10F3NO3S/c1-17(15,16)5-4-13-3-2-7(6-13)8(14)9(10,11)12/h2-3,6H,4-5H2,1H3. The van der Waals surface area contributed by atoms with E-state index in [9.17, 15) is 26.4 Å². The van der Waals surface area contributed by atoms with Gasteiger partial charge < -0.3 is 4.57 Å². The van der Waals surface area contributed by atoms with E-state index in [2.05, 4.69) is 0 Å². The molecule has 0 amide bonds. The maximum Gasteiger partial charge on any atom is 0.454 e. The highest BCUT2D eigenvalue weighted by Gasteiger charge is 2.39. The second kappa shape index (κ2) is 4.52. The lowest BCUT2D eigenvalue weighted by atomic mass is 10.2. The third-order valence-corrected chi connectivity index (χ3v) is 2.91. The maximum absolute atomic E-state index is 12.1. The van der Waals surface area contributed by atoms with Crippen LogP contribution in [0.4, 0.5) is 13.2 Å². The van der Waals surface area contributed by atoms with E-state index in [0.717, 1.165) is 18.5 Å². The number of carbonyl (C=O) groups excluding carboxylic acids is 1. The molecule has 0 saturated heterocycles. The molecule has 0 bridgehead atoms. The van der Waals surface area contributed by atoms with Crippen LogP contribution in [-0.2, 0) is 16.4 Å². The number of ketones is 1. The minimum Gasteiger partial charge on any atom is -0.352 e. The van der Waals surface area contributed by atoms with E-state index in [0.29, 0.717) is 0 Å². The Bertz CT molecular complexity index is 516. The van der Waals surface area contributed by atoms with Crippen LogP contribution in [-0.4, -0.2) is 37.0 Å². The third kappa shape index (κ3) is 4.22. The van der Waals surface area contributed by atoms with E-state index in [1.54, 1.807) is 0 Å². The van der Waals surface area contributed by atoms with Crippen molar-refractivity contribution in [3.05, 3.63) is 24.0 Å². The van der Waals surface area contributed by atoms with Crippen molar-refractivity contribution in [2.75, 3.05) is 12.0 Å². The Morgan fingerprint density at radius 1 is 1.41 bits per heavy atom. The van der Waals surface area contributed by atoms with E-state index < -0.39 is 27.4 Å². The normalized spacial score (nSPS) is 12.7. The van der Waals surface area contributed by atoms with Crippen molar-refractivity contribution in [2.45, 2.75) is 12.7 Å². The average Bonchev–Trinajstić information content (AvgIpc) is 2.59. The van der Waals surface area contributed by atoms with Crippen LogP contribution in [0.3, 0.4) is 0 Å². The molecule has 0 saturated carbocycles. The Morgan fingerprint density at radius 3 is 2.47 bits per heavy atom. The van der Waals surface area contributed by atoms with Crippen molar-refractivity contribution in [1.29, 1.82) is 0 Å². The molecule has 1 aromatic heterocycles. The number of carbonyl (C=O) groups is 1. The smallest absolute Gasteiger partial charge is 0.352 e. The molecule has 0 N–H and O–H groups in total. The molecular formula is C9H10F3NO3S.